The Morgan fingerprint density at radius 2 is 2.00 bits per heavy atom. The highest BCUT2D eigenvalue weighted by Gasteiger charge is 2.18. The van der Waals surface area contributed by atoms with Crippen molar-refractivity contribution in [2.24, 2.45) is 0 Å². The molecule has 0 aliphatic rings. The fourth-order valence-electron chi connectivity index (χ4n) is 1.60. The first-order chi connectivity index (χ1) is 10.0. The van der Waals surface area contributed by atoms with Crippen LogP contribution in [-0.2, 0) is 0 Å². The molecule has 1 aromatic carbocycles. The van der Waals surface area contributed by atoms with Crippen LogP contribution in [0.1, 0.15) is 11.4 Å². The molecule has 0 spiro atoms. The molecule has 1 heterocycles. The largest absolute Gasteiger partial charge is 0.504 e. The summed E-state index contributed by atoms with van der Waals surface area (Å²) in [6.07, 6.45) is 4.18. The molecule has 104 valence electrons. The van der Waals surface area contributed by atoms with E-state index >= 15 is 0 Å². The third kappa shape index (κ3) is 2.93. The lowest BCUT2D eigenvalue weighted by atomic mass is 10.1. The average Bonchev–Trinajstić information content (AvgIpc) is 2.48. The lowest BCUT2D eigenvalue weighted by Gasteiger charge is -2.02. The third-order valence-corrected chi connectivity index (χ3v) is 2.53. The van der Waals surface area contributed by atoms with Crippen molar-refractivity contribution in [2.45, 2.75) is 0 Å². The molecule has 0 aliphatic carbocycles. The minimum atomic E-state index is -0.836. The molecule has 8 nitrogen and oxygen atoms in total. The number of phenols is 2. The fraction of sp³-hybridized carbons (Fsp3) is 0. The van der Waals surface area contributed by atoms with E-state index in [0.717, 1.165) is 12.1 Å². The van der Waals surface area contributed by atoms with Gasteiger partial charge in [-0.1, -0.05) is 0 Å². The number of nitro groups is 1. The van der Waals surface area contributed by atoms with E-state index in [4.69, 9.17) is 5.26 Å². The van der Waals surface area contributed by atoms with Crippen molar-refractivity contribution >= 4 is 17.3 Å². The van der Waals surface area contributed by atoms with Gasteiger partial charge < -0.3 is 10.2 Å². The molecule has 0 fully saturated rings. The summed E-state index contributed by atoms with van der Waals surface area (Å²) >= 11 is 0. The number of aromatic nitrogens is 2. The van der Waals surface area contributed by atoms with E-state index in [1.807, 2.05) is 6.07 Å². The van der Waals surface area contributed by atoms with Crippen LogP contribution in [0.15, 0.2) is 30.6 Å². The summed E-state index contributed by atoms with van der Waals surface area (Å²) in [6.45, 7) is 0. The summed E-state index contributed by atoms with van der Waals surface area (Å²) in [7, 11) is 0. The SMILES string of the molecule is N#CC(=Cc1cc(O)c(O)c([N+](=O)[O-])c1)c1ncccn1. The number of allylic oxidation sites excluding steroid dienone is 1. The van der Waals surface area contributed by atoms with Gasteiger partial charge in [-0.25, -0.2) is 9.97 Å². The number of hydrogen-bond acceptors (Lipinski definition) is 7. The number of rotatable bonds is 3. The van der Waals surface area contributed by atoms with Crippen molar-refractivity contribution in [3.63, 3.8) is 0 Å². The van der Waals surface area contributed by atoms with Gasteiger partial charge in [-0.2, -0.15) is 5.26 Å². The van der Waals surface area contributed by atoms with Gasteiger partial charge in [0.15, 0.2) is 11.6 Å². The van der Waals surface area contributed by atoms with Crippen LogP contribution in [0.4, 0.5) is 5.69 Å². The van der Waals surface area contributed by atoms with Crippen LogP contribution in [-0.4, -0.2) is 25.1 Å². The zero-order chi connectivity index (χ0) is 15.4. The van der Waals surface area contributed by atoms with E-state index in [1.54, 1.807) is 6.07 Å². The third-order valence-electron chi connectivity index (χ3n) is 2.53. The van der Waals surface area contributed by atoms with E-state index < -0.39 is 22.1 Å². The van der Waals surface area contributed by atoms with Crippen molar-refractivity contribution in [1.29, 1.82) is 5.26 Å². The number of nitriles is 1. The maximum Gasteiger partial charge on any atom is 0.315 e. The minimum Gasteiger partial charge on any atom is -0.504 e. The Morgan fingerprint density at radius 3 is 2.57 bits per heavy atom. The fourth-order valence-corrected chi connectivity index (χ4v) is 1.60. The Morgan fingerprint density at radius 1 is 1.33 bits per heavy atom. The van der Waals surface area contributed by atoms with Gasteiger partial charge >= 0.3 is 5.69 Å². The van der Waals surface area contributed by atoms with Crippen LogP contribution in [0.25, 0.3) is 11.6 Å². The molecule has 21 heavy (non-hydrogen) atoms. The van der Waals surface area contributed by atoms with Crippen LogP contribution in [0.5, 0.6) is 11.5 Å². The van der Waals surface area contributed by atoms with Gasteiger partial charge in [0.2, 0.25) is 5.75 Å². The highest BCUT2D eigenvalue weighted by atomic mass is 16.6. The average molecular weight is 284 g/mol. The molecule has 2 aromatic rings. The molecule has 2 rings (SSSR count). The number of nitro benzene ring substituents is 1. The predicted molar refractivity (Wildman–Crippen MR) is 71.9 cm³/mol. The first kappa shape index (κ1) is 14.0. The van der Waals surface area contributed by atoms with E-state index in [2.05, 4.69) is 9.97 Å². The first-order valence-electron chi connectivity index (χ1n) is 5.62. The summed E-state index contributed by atoms with van der Waals surface area (Å²) < 4.78 is 0. The molecular formula is C13H8N4O4. The number of phenolic OH excluding ortho intramolecular Hbond substituents is 2. The zero-order valence-electron chi connectivity index (χ0n) is 10.5. The molecule has 0 amide bonds. The Labute approximate surface area is 118 Å². The van der Waals surface area contributed by atoms with Crippen molar-refractivity contribution in [3.8, 4) is 17.6 Å². The van der Waals surface area contributed by atoms with Gasteiger partial charge in [-0.15, -0.1) is 0 Å². The molecule has 0 saturated heterocycles. The topological polar surface area (TPSA) is 133 Å². The smallest absolute Gasteiger partial charge is 0.315 e. The molecule has 0 saturated carbocycles. The number of aromatic hydroxyl groups is 2. The summed E-state index contributed by atoms with van der Waals surface area (Å²) in [5, 5.41) is 38.8. The molecular weight excluding hydrogens is 276 g/mol. The zero-order valence-corrected chi connectivity index (χ0v) is 10.5. The van der Waals surface area contributed by atoms with Gasteiger partial charge in [-0.05, 0) is 23.8 Å². The van der Waals surface area contributed by atoms with Crippen molar-refractivity contribution in [2.75, 3.05) is 0 Å². The summed E-state index contributed by atoms with van der Waals surface area (Å²) in [6, 6.07) is 5.59. The molecule has 1 aromatic heterocycles. The quantitative estimate of drug-likeness (QED) is 0.380. The van der Waals surface area contributed by atoms with E-state index in [0.29, 0.717) is 0 Å². The summed E-state index contributed by atoms with van der Waals surface area (Å²) in [4.78, 5) is 17.7. The summed E-state index contributed by atoms with van der Waals surface area (Å²) in [5.74, 6) is -1.33. The van der Waals surface area contributed by atoms with Crippen LogP contribution in [0, 0.1) is 21.4 Å². The normalized spacial score (nSPS) is 10.9. The Bertz CT molecular complexity index is 766. The highest BCUT2D eigenvalue weighted by molar-refractivity contribution is 5.87. The Hall–Kier alpha value is -3.47. The second-order valence-corrected chi connectivity index (χ2v) is 3.91. The molecule has 8 heteroatoms. The molecule has 0 aliphatic heterocycles. The standard InChI is InChI=1S/C13H8N4O4/c14-7-9(13-15-2-1-3-16-13)4-8-5-10(17(20)21)12(19)11(18)6-8/h1-6,18-19H. The number of hydrogen-bond donors (Lipinski definition) is 2. The molecule has 0 atom stereocenters. The van der Waals surface area contributed by atoms with Crippen LogP contribution in [0.2, 0.25) is 0 Å². The predicted octanol–water partition coefficient (Wildman–Crippen LogP) is 1.86. The van der Waals surface area contributed by atoms with Crippen molar-refractivity contribution < 1.29 is 15.1 Å². The highest BCUT2D eigenvalue weighted by Crippen LogP contribution is 2.36. The number of benzene rings is 1. The van der Waals surface area contributed by atoms with E-state index in [1.165, 1.54) is 18.5 Å². The van der Waals surface area contributed by atoms with E-state index in [-0.39, 0.29) is 17.0 Å². The van der Waals surface area contributed by atoms with Gasteiger partial charge in [0.25, 0.3) is 0 Å². The van der Waals surface area contributed by atoms with Gasteiger partial charge in [0.05, 0.1) is 10.5 Å². The lowest BCUT2D eigenvalue weighted by molar-refractivity contribution is -0.386. The maximum atomic E-state index is 10.8. The van der Waals surface area contributed by atoms with E-state index in [9.17, 15) is 20.3 Å². The van der Waals surface area contributed by atoms with Gasteiger partial charge in [0, 0.05) is 18.5 Å². The lowest BCUT2D eigenvalue weighted by Crippen LogP contribution is -1.92. The maximum absolute atomic E-state index is 10.8. The summed E-state index contributed by atoms with van der Waals surface area (Å²) in [5.41, 5.74) is -0.427. The minimum absolute atomic E-state index is 0.0648. The molecule has 0 radical (unpaired) electrons. The Kier molecular flexibility index (Phi) is 3.76. The molecule has 2 N–H and O–H groups in total. The van der Waals surface area contributed by atoms with Gasteiger partial charge in [0.1, 0.15) is 6.07 Å². The molecule has 0 bridgehead atoms. The van der Waals surface area contributed by atoms with Crippen molar-refractivity contribution in [3.05, 3.63) is 52.1 Å². The Balaban J connectivity index is 2.54. The van der Waals surface area contributed by atoms with Gasteiger partial charge in [-0.3, -0.25) is 10.1 Å². The monoisotopic (exact) mass is 284 g/mol. The number of nitrogens with zero attached hydrogens (tertiary/aromatic N) is 4. The van der Waals surface area contributed by atoms with Crippen LogP contribution in [0.3, 0.4) is 0 Å². The second kappa shape index (κ2) is 5.66. The second-order valence-electron chi connectivity index (χ2n) is 3.91. The van der Waals surface area contributed by atoms with Crippen molar-refractivity contribution in [1.82, 2.24) is 9.97 Å². The van der Waals surface area contributed by atoms with Crippen LogP contribution >= 0.6 is 0 Å². The first-order valence-corrected chi connectivity index (χ1v) is 5.62. The molecule has 0 unspecified atom stereocenters. The van der Waals surface area contributed by atoms with Crippen LogP contribution < -0.4 is 0 Å².